The van der Waals surface area contributed by atoms with Crippen LogP contribution in [0, 0.1) is 11.8 Å². The number of nitrogens with two attached hydrogens (primary N) is 1. The van der Waals surface area contributed by atoms with Gasteiger partial charge in [0.05, 0.1) is 11.8 Å². The van der Waals surface area contributed by atoms with E-state index in [4.69, 9.17) is 5.73 Å². The molecule has 14 heavy (non-hydrogen) atoms. The van der Waals surface area contributed by atoms with Gasteiger partial charge in [0.1, 0.15) is 0 Å². The first kappa shape index (κ1) is 9.65. The quantitative estimate of drug-likeness (QED) is 0.606. The van der Waals surface area contributed by atoms with E-state index in [1.165, 1.54) is 4.90 Å². The summed E-state index contributed by atoms with van der Waals surface area (Å²) in [4.78, 5) is 24.9. The molecular weight excluding hydrogens is 180 g/mol. The standard InChI is InChI=1S/C10H16N2O2/c1-2-12-9(13)7-4-3-6(11)5-8(7)10(12)14/h6-8H,2-5,11H2,1H3. The maximum absolute atomic E-state index is 11.8. The first-order valence-electron chi connectivity index (χ1n) is 5.26. The fourth-order valence-electron chi connectivity index (χ4n) is 2.59. The number of carbonyl (C=O) groups is 2. The molecule has 2 rings (SSSR count). The van der Waals surface area contributed by atoms with Crippen LogP contribution in [0.2, 0.25) is 0 Å². The number of likely N-dealkylation sites (tertiary alicyclic amines) is 1. The van der Waals surface area contributed by atoms with Gasteiger partial charge in [0.2, 0.25) is 11.8 Å². The van der Waals surface area contributed by atoms with E-state index in [1.807, 2.05) is 6.92 Å². The van der Waals surface area contributed by atoms with Crippen molar-refractivity contribution in [2.75, 3.05) is 6.54 Å². The summed E-state index contributed by atoms with van der Waals surface area (Å²) in [6, 6.07) is 0.102. The average molecular weight is 196 g/mol. The lowest BCUT2D eigenvalue weighted by Crippen LogP contribution is -2.34. The molecule has 1 saturated heterocycles. The van der Waals surface area contributed by atoms with Gasteiger partial charge in [0.25, 0.3) is 0 Å². The number of amides is 2. The molecule has 1 saturated carbocycles. The van der Waals surface area contributed by atoms with Crippen LogP contribution in [0.1, 0.15) is 26.2 Å². The van der Waals surface area contributed by atoms with Crippen LogP contribution in [-0.4, -0.2) is 29.3 Å². The van der Waals surface area contributed by atoms with Crippen molar-refractivity contribution in [2.45, 2.75) is 32.2 Å². The lowest BCUT2D eigenvalue weighted by atomic mass is 9.79. The van der Waals surface area contributed by atoms with E-state index in [1.54, 1.807) is 0 Å². The first-order valence-corrected chi connectivity index (χ1v) is 5.26. The molecule has 4 heteroatoms. The highest BCUT2D eigenvalue weighted by Crippen LogP contribution is 2.37. The van der Waals surface area contributed by atoms with E-state index in [2.05, 4.69) is 0 Å². The monoisotopic (exact) mass is 196 g/mol. The van der Waals surface area contributed by atoms with Gasteiger partial charge >= 0.3 is 0 Å². The Morgan fingerprint density at radius 2 is 1.93 bits per heavy atom. The number of hydrogen-bond donors (Lipinski definition) is 1. The van der Waals surface area contributed by atoms with Crippen molar-refractivity contribution < 1.29 is 9.59 Å². The molecule has 0 bridgehead atoms. The molecule has 2 amide bonds. The Kier molecular flexibility index (Phi) is 2.31. The molecule has 0 aromatic carbocycles. The summed E-state index contributed by atoms with van der Waals surface area (Å²) < 4.78 is 0. The van der Waals surface area contributed by atoms with Crippen molar-refractivity contribution >= 4 is 11.8 Å². The molecule has 1 aliphatic carbocycles. The highest BCUT2D eigenvalue weighted by molar-refractivity contribution is 6.05. The minimum absolute atomic E-state index is 0.00218. The molecule has 3 atom stereocenters. The topological polar surface area (TPSA) is 63.4 Å². The van der Waals surface area contributed by atoms with Gasteiger partial charge in [-0.3, -0.25) is 14.5 Å². The van der Waals surface area contributed by atoms with Crippen LogP contribution in [0.4, 0.5) is 0 Å². The zero-order valence-electron chi connectivity index (χ0n) is 8.40. The summed E-state index contributed by atoms with van der Waals surface area (Å²) in [5.41, 5.74) is 5.80. The summed E-state index contributed by atoms with van der Waals surface area (Å²) in [5.74, 6) is -0.166. The molecular formula is C10H16N2O2. The highest BCUT2D eigenvalue weighted by Gasteiger charge is 2.48. The Hall–Kier alpha value is -0.900. The molecule has 0 spiro atoms. The van der Waals surface area contributed by atoms with Crippen LogP contribution in [0.15, 0.2) is 0 Å². The SMILES string of the molecule is CCN1C(=O)C2CCC(N)CC2C1=O. The molecule has 2 fully saturated rings. The predicted octanol–water partition coefficient (Wildman–Crippen LogP) is 0.119. The predicted molar refractivity (Wildman–Crippen MR) is 51.2 cm³/mol. The Balaban J connectivity index is 2.21. The third kappa shape index (κ3) is 1.25. The Labute approximate surface area is 83.4 Å². The number of carbonyl (C=O) groups excluding carboxylic acids is 2. The first-order chi connectivity index (χ1) is 6.65. The summed E-state index contributed by atoms with van der Waals surface area (Å²) in [7, 11) is 0. The molecule has 0 radical (unpaired) electrons. The molecule has 1 aliphatic heterocycles. The van der Waals surface area contributed by atoms with Crippen molar-refractivity contribution in [3.63, 3.8) is 0 Å². The third-order valence-electron chi connectivity index (χ3n) is 3.37. The third-order valence-corrected chi connectivity index (χ3v) is 3.37. The van der Waals surface area contributed by atoms with Crippen LogP contribution < -0.4 is 5.73 Å². The van der Waals surface area contributed by atoms with Gasteiger partial charge in [0.15, 0.2) is 0 Å². The van der Waals surface area contributed by atoms with Crippen LogP contribution in [-0.2, 0) is 9.59 Å². The van der Waals surface area contributed by atoms with Crippen molar-refractivity contribution in [2.24, 2.45) is 17.6 Å². The lowest BCUT2D eigenvalue weighted by molar-refractivity contribution is -0.139. The second kappa shape index (κ2) is 3.35. The average Bonchev–Trinajstić information content (AvgIpc) is 2.39. The number of hydrogen-bond acceptors (Lipinski definition) is 3. The number of nitrogens with zero attached hydrogens (tertiary/aromatic N) is 1. The van der Waals surface area contributed by atoms with E-state index in [0.717, 1.165) is 12.8 Å². The summed E-state index contributed by atoms with van der Waals surface area (Å²) >= 11 is 0. The zero-order valence-corrected chi connectivity index (χ0v) is 8.40. The second-order valence-electron chi connectivity index (χ2n) is 4.21. The van der Waals surface area contributed by atoms with E-state index in [-0.39, 0.29) is 29.7 Å². The smallest absolute Gasteiger partial charge is 0.233 e. The van der Waals surface area contributed by atoms with E-state index < -0.39 is 0 Å². The Morgan fingerprint density at radius 3 is 2.57 bits per heavy atom. The fourth-order valence-corrected chi connectivity index (χ4v) is 2.59. The molecule has 2 N–H and O–H groups in total. The fraction of sp³-hybridized carbons (Fsp3) is 0.800. The van der Waals surface area contributed by atoms with Crippen LogP contribution in [0.25, 0.3) is 0 Å². The van der Waals surface area contributed by atoms with Gasteiger partial charge in [-0.05, 0) is 26.2 Å². The van der Waals surface area contributed by atoms with Crippen LogP contribution in [0.5, 0.6) is 0 Å². The van der Waals surface area contributed by atoms with E-state index in [9.17, 15) is 9.59 Å². The van der Waals surface area contributed by atoms with Gasteiger partial charge < -0.3 is 5.73 Å². The van der Waals surface area contributed by atoms with Crippen molar-refractivity contribution in [3.05, 3.63) is 0 Å². The molecule has 2 aliphatic rings. The molecule has 0 aromatic heterocycles. The maximum Gasteiger partial charge on any atom is 0.233 e. The minimum atomic E-state index is -0.119. The summed E-state index contributed by atoms with van der Waals surface area (Å²) in [6.45, 7) is 2.34. The van der Waals surface area contributed by atoms with Gasteiger partial charge in [0, 0.05) is 12.6 Å². The van der Waals surface area contributed by atoms with Crippen LogP contribution >= 0.6 is 0 Å². The van der Waals surface area contributed by atoms with Gasteiger partial charge in [-0.1, -0.05) is 0 Å². The van der Waals surface area contributed by atoms with Gasteiger partial charge in [-0.25, -0.2) is 0 Å². The van der Waals surface area contributed by atoms with E-state index in [0.29, 0.717) is 13.0 Å². The second-order valence-corrected chi connectivity index (χ2v) is 4.21. The number of rotatable bonds is 1. The van der Waals surface area contributed by atoms with Crippen molar-refractivity contribution in [3.8, 4) is 0 Å². The molecule has 78 valence electrons. The van der Waals surface area contributed by atoms with E-state index >= 15 is 0 Å². The maximum atomic E-state index is 11.8. The molecule has 0 aromatic rings. The minimum Gasteiger partial charge on any atom is -0.328 e. The molecule has 3 unspecified atom stereocenters. The van der Waals surface area contributed by atoms with Gasteiger partial charge in [-0.15, -0.1) is 0 Å². The molecule has 4 nitrogen and oxygen atoms in total. The normalized spacial score (nSPS) is 37.6. The summed E-state index contributed by atoms with van der Waals surface area (Å²) in [6.07, 6.45) is 2.34. The van der Waals surface area contributed by atoms with Crippen molar-refractivity contribution in [1.29, 1.82) is 0 Å². The number of imide groups is 1. The molecule has 1 heterocycles. The zero-order chi connectivity index (χ0) is 10.3. The van der Waals surface area contributed by atoms with Crippen LogP contribution in [0.3, 0.4) is 0 Å². The number of fused-ring (bicyclic) bond motifs is 1. The largest absolute Gasteiger partial charge is 0.328 e. The summed E-state index contributed by atoms with van der Waals surface area (Å²) in [5, 5.41) is 0. The Morgan fingerprint density at radius 1 is 1.29 bits per heavy atom. The highest BCUT2D eigenvalue weighted by atomic mass is 16.2. The lowest BCUT2D eigenvalue weighted by Gasteiger charge is -2.25. The van der Waals surface area contributed by atoms with Gasteiger partial charge in [-0.2, -0.15) is 0 Å². The van der Waals surface area contributed by atoms with Crippen molar-refractivity contribution in [1.82, 2.24) is 4.90 Å². The Bertz CT molecular complexity index is 277.